The Morgan fingerprint density at radius 1 is 0.775 bits per heavy atom. The number of aliphatic hydroxyl groups is 1. The number of anilines is 2. The van der Waals surface area contributed by atoms with Gasteiger partial charge in [0.2, 0.25) is 0 Å². The minimum absolute atomic E-state index is 0.00787. The molecule has 3 aromatic carbocycles. The maximum Gasteiger partial charge on any atom is 0.411 e. The smallest absolute Gasteiger partial charge is 0.411 e. The van der Waals surface area contributed by atoms with Crippen LogP contribution < -0.4 is 20.7 Å². The highest BCUT2D eigenvalue weighted by Gasteiger charge is 2.19. The second-order valence-corrected chi connectivity index (χ2v) is 9.31. The first kappa shape index (κ1) is 30.5. The molecule has 2 amide bonds. The number of aliphatic hydroxyl groups excluding tert-OH is 1. The molecule has 3 rings (SSSR count). The topological polar surface area (TPSA) is 118 Å². The van der Waals surface area contributed by atoms with E-state index in [4.69, 9.17) is 14.2 Å². The lowest BCUT2D eigenvalue weighted by molar-refractivity contribution is 0.103. The number of hydrogen-bond acceptors (Lipinski definition) is 7. The van der Waals surface area contributed by atoms with E-state index in [1.54, 1.807) is 13.8 Å². The number of nitrogens with one attached hydrogen (secondary N) is 3. The van der Waals surface area contributed by atoms with Gasteiger partial charge in [-0.05, 0) is 74.7 Å². The van der Waals surface area contributed by atoms with Gasteiger partial charge in [0.1, 0.15) is 18.5 Å². The van der Waals surface area contributed by atoms with E-state index in [9.17, 15) is 14.7 Å². The third-order valence-electron chi connectivity index (χ3n) is 6.15. The predicted octanol–water partition coefficient (Wildman–Crippen LogP) is 5.76. The molecule has 1 unspecified atom stereocenters. The Kier molecular flexibility index (Phi) is 12.3. The molecule has 0 heterocycles. The first-order valence-electron chi connectivity index (χ1n) is 13.5. The Hall–Kier alpha value is -4.08. The predicted molar refractivity (Wildman–Crippen MR) is 156 cm³/mol. The third-order valence-corrected chi connectivity index (χ3v) is 6.15. The molecular formula is C31H39N3O6. The van der Waals surface area contributed by atoms with Crippen molar-refractivity contribution in [3.8, 4) is 5.75 Å². The van der Waals surface area contributed by atoms with E-state index in [0.717, 1.165) is 23.3 Å². The molecule has 0 saturated carbocycles. The van der Waals surface area contributed by atoms with Crippen molar-refractivity contribution in [2.45, 2.75) is 45.3 Å². The highest BCUT2D eigenvalue weighted by Crippen LogP contribution is 2.31. The van der Waals surface area contributed by atoms with Crippen molar-refractivity contribution in [1.82, 2.24) is 5.32 Å². The Bertz CT molecular complexity index is 1110. The standard InChI is InChI=1S/C31H39N3O6/c1-4-38-30(36)33-25-15-11-23(12-16-25)29(24-13-17-26(18-14-24)34-31(37)39-5-2)19-22(3)32-20-27(35)21-40-28-9-7-6-8-10-28/h6-18,22,27,29,32,35H,4-5,19-21H2,1-3H3,(H,33,36)(H,34,37)/t22?,27-/m0/s1. The van der Waals surface area contributed by atoms with Gasteiger partial charge in [-0.2, -0.15) is 0 Å². The molecule has 40 heavy (non-hydrogen) atoms. The van der Waals surface area contributed by atoms with E-state index in [-0.39, 0.29) is 18.6 Å². The molecule has 214 valence electrons. The summed E-state index contributed by atoms with van der Waals surface area (Å²) >= 11 is 0. The van der Waals surface area contributed by atoms with E-state index in [0.29, 0.717) is 31.1 Å². The van der Waals surface area contributed by atoms with Crippen molar-refractivity contribution >= 4 is 23.6 Å². The lowest BCUT2D eigenvalue weighted by Crippen LogP contribution is -2.37. The van der Waals surface area contributed by atoms with Crippen LogP contribution in [-0.4, -0.2) is 55.8 Å². The molecule has 0 spiro atoms. The van der Waals surface area contributed by atoms with E-state index in [1.807, 2.05) is 78.9 Å². The van der Waals surface area contributed by atoms with Crippen LogP contribution in [0, 0.1) is 0 Å². The molecular weight excluding hydrogens is 510 g/mol. The Labute approximate surface area is 235 Å². The fraction of sp³-hybridized carbons (Fsp3) is 0.355. The van der Waals surface area contributed by atoms with E-state index in [1.165, 1.54) is 0 Å². The van der Waals surface area contributed by atoms with Crippen LogP contribution in [-0.2, 0) is 9.47 Å². The summed E-state index contributed by atoms with van der Waals surface area (Å²) in [7, 11) is 0. The van der Waals surface area contributed by atoms with Crippen LogP contribution in [0.15, 0.2) is 78.9 Å². The molecule has 9 heteroatoms. The van der Waals surface area contributed by atoms with Crippen molar-refractivity contribution in [3.63, 3.8) is 0 Å². The van der Waals surface area contributed by atoms with E-state index < -0.39 is 18.3 Å². The molecule has 0 aliphatic heterocycles. The SMILES string of the molecule is CCOC(=O)Nc1ccc(C(CC(C)NC[C@H](O)COc2ccccc2)c2ccc(NC(=O)OCC)cc2)cc1. The molecule has 4 N–H and O–H groups in total. The molecule has 9 nitrogen and oxygen atoms in total. The number of rotatable bonds is 14. The summed E-state index contributed by atoms with van der Waals surface area (Å²) in [6.07, 6.45) is -0.919. The molecule has 0 radical (unpaired) electrons. The molecule has 2 atom stereocenters. The Morgan fingerprint density at radius 3 is 1.75 bits per heavy atom. The van der Waals surface area contributed by atoms with Crippen LogP contribution in [0.3, 0.4) is 0 Å². The van der Waals surface area contributed by atoms with Crippen LogP contribution in [0.4, 0.5) is 21.0 Å². The number of hydrogen-bond donors (Lipinski definition) is 4. The highest BCUT2D eigenvalue weighted by atomic mass is 16.6. The zero-order valence-corrected chi connectivity index (χ0v) is 23.3. The summed E-state index contributed by atoms with van der Waals surface area (Å²) < 4.78 is 15.6. The summed E-state index contributed by atoms with van der Waals surface area (Å²) in [6, 6.07) is 24.8. The molecule has 3 aromatic rings. The Morgan fingerprint density at radius 2 is 1.27 bits per heavy atom. The molecule has 0 aromatic heterocycles. The van der Waals surface area contributed by atoms with Gasteiger partial charge in [-0.3, -0.25) is 10.6 Å². The first-order valence-corrected chi connectivity index (χ1v) is 13.5. The first-order chi connectivity index (χ1) is 19.4. The van der Waals surface area contributed by atoms with Crippen LogP contribution >= 0.6 is 0 Å². The van der Waals surface area contributed by atoms with Crippen LogP contribution in [0.25, 0.3) is 0 Å². The van der Waals surface area contributed by atoms with Gasteiger partial charge in [-0.15, -0.1) is 0 Å². The maximum absolute atomic E-state index is 11.8. The number of carbonyl (C=O) groups is 2. The van der Waals surface area contributed by atoms with Gasteiger partial charge in [0, 0.05) is 29.9 Å². The molecule has 0 fully saturated rings. The zero-order chi connectivity index (χ0) is 28.7. The summed E-state index contributed by atoms with van der Waals surface area (Å²) in [5, 5.41) is 19.3. The number of benzene rings is 3. The minimum atomic E-state index is -0.664. The quantitative estimate of drug-likeness (QED) is 0.202. The van der Waals surface area contributed by atoms with Crippen LogP contribution in [0.5, 0.6) is 5.75 Å². The van der Waals surface area contributed by atoms with Crippen molar-refractivity contribution < 1.29 is 28.9 Å². The largest absolute Gasteiger partial charge is 0.491 e. The summed E-state index contributed by atoms with van der Waals surface area (Å²) in [6.45, 7) is 6.75. The normalized spacial score (nSPS) is 12.3. The van der Waals surface area contributed by atoms with Gasteiger partial charge in [-0.1, -0.05) is 42.5 Å². The van der Waals surface area contributed by atoms with Crippen LogP contribution in [0.2, 0.25) is 0 Å². The van der Waals surface area contributed by atoms with Crippen molar-refractivity contribution in [2.24, 2.45) is 0 Å². The highest BCUT2D eigenvalue weighted by molar-refractivity contribution is 5.85. The minimum Gasteiger partial charge on any atom is -0.491 e. The molecule has 0 saturated heterocycles. The zero-order valence-electron chi connectivity index (χ0n) is 23.3. The lowest BCUT2D eigenvalue weighted by atomic mass is 9.86. The number of amides is 2. The van der Waals surface area contributed by atoms with Crippen LogP contribution in [0.1, 0.15) is 44.2 Å². The summed E-state index contributed by atoms with van der Waals surface area (Å²) in [5.74, 6) is 0.727. The van der Waals surface area contributed by atoms with Gasteiger partial charge in [-0.25, -0.2) is 9.59 Å². The fourth-order valence-corrected chi connectivity index (χ4v) is 4.17. The second-order valence-electron chi connectivity index (χ2n) is 9.31. The molecule has 0 aliphatic carbocycles. The summed E-state index contributed by atoms with van der Waals surface area (Å²) in [4.78, 5) is 23.6. The lowest BCUT2D eigenvalue weighted by Gasteiger charge is -2.24. The van der Waals surface area contributed by atoms with Crippen molar-refractivity contribution in [1.29, 1.82) is 0 Å². The molecule has 0 aliphatic rings. The second kappa shape index (κ2) is 16.1. The average Bonchev–Trinajstić information content (AvgIpc) is 2.95. The maximum atomic E-state index is 11.8. The number of para-hydroxylation sites is 1. The fourth-order valence-electron chi connectivity index (χ4n) is 4.17. The van der Waals surface area contributed by atoms with Gasteiger partial charge >= 0.3 is 12.2 Å². The van der Waals surface area contributed by atoms with Gasteiger partial charge in [0.25, 0.3) is 0 Å². The monoisotopic (exact) mass is 549 g/mol. The number of ether oxygens (including phenoxy) is 3. The van der Waals surface area contributed by atoms with Gasteiger partial charge in [0.15, 0.2) is 0 Å². The Balaban J connectivity index is 1.67. The van der Waals surface area contributed by atoms with Gasteiger partial charge < -0.3 is 24.6 Å². The van der Waals surface area contributed by atoms with Crippen molar-refractivity contribution in [2.75, 3.05) is 37.0 Å². The summed E-state index contributed by atoms with van der Waals surface area (Å²) in [5.41, 5.74) is 3.40. The van der Waals surface area contributed by atoms with E-state index >= 15 is 0 Å². The molecule has 0 bridgehead atoms. The van der Waals surface area contributed by atoms with Crippen molar-refractivity contribution in [3.05, 3.63) is 90.0 Å². The van der Waals surface area contributed by atoms with E-state index in [2.05, 4.69) is 22.9 Å². The average molecular weight is 550 g/mol. The number of carbonyl (C=O) groups excluding carboxylic acids is 2. The van der Waals surface area contributed by atoms with Gasteiger partial charge in [0.05, 0.1) is 13.2 Å². The third kappa shape index (κ3) is 10.2.